The van der Waals surface area contributed by atoms with Crippen molar-refractivity contribution >= 4 is 11.9 Å². The van der Waals surface area contributed by atoms with Crippen molar-refractivity contribution in [3.05, 3.63) is 48.3 Å². The number of hydrogen-bond acceptors (Lipinski definition) is 5. The number of benzene rings is 1. The van der Waals surface area contributed by atoms with Crippen LogP contribution in [-0.2, 0) is 11.3 Å². The summed E-state index contributed by atoms with van der Waals surface area (Å²) in [5, 5.41) is 0. The lowest BCUT2D eigenvalue weighted by molar-refractivity contribution is -0.892. The number of methoxy groups -OCH3 is 1. The summed E-state index contributed by atoms with van der Waals surface area (Å²) < 4.78 is 5.17. The average Bonchev–Trinajstić information content (AvgIpc) is 2.70. The summed E-state index contributed by atoms with van der Waals surface area (Å²) in [4.78, 5) is 26.4. The van der Waals surface area contributed by atoms with Gasteiger partial charge in [-0.15, -0.1) is 0 Å². The van der Waals surface area contributed by atoms with Crippen LogP contribution in [-0.4, -0.2) is 67.7 Å². The van der Waals surface area contributed by atoms with E-state index in [-0.39, 0.29) is 5.91 Å². The molecule has 1 saturated heterocycles. The fourth-order valence-corrected chi connectivity index (χ4v) is 3.10. The van der Waals surface area contributed by atoms with Gasteiger partial charge in [0.25, 0.3) is 5.91 Å². The molecule has 7 nitrogen and oxygen atoms in total. The van der Waals surface area contributed by atoms with Crippen molar-refractivity contribution in [2.24, 2.45) is 0 Å². The first kappa shape index (κ1) is 18.1. The highest BCUT2D eigenvalue weighted by Gasteiger charge is 2.24. The van der Waals surface area contributed by atoms with Crippen molar-refractivity contribution in [1.82, 2.24) is 14.9 Å². The third kappa shape index (κ3) is 4.70. The van der Waals surface area contributed by atoms with E-state index >= 15 is 0 Å². The van der Waals surface area contributed by atoms with E-state index in [0.717, 1.165) is 43.4 Å². The van der Waals surface area contributed by atoms with Gasteiger partial charge in [-0.1, -0.05) is 12.1 Å². The number of nitrogens with zero attached hydrogens (tertiary/aromatic N) is 4. The molecule has 0 radical (unpaired) electrons. The smallest absolute Gasteiger partial charge is 0.277 e. The van der Waals surface area contributed by atoms with Crippen LogP contribution in [0.3, 0.4) is 0 Å². The molecule has 0 saturated carbocycles. The van der Waals surface area contributed by atoms with E-state index in [9.17, 15) is 4.79 Å². The Morgan fingerprint density at radius 3 is 2.46 bits per heavy atom. The standard InChI is InChI=1S/C19H25N5O2/c1-22(14-16-4-6-17(26-2)7-5-16)18(25)15-23-10-12-24(13-11-23)19-20-8-3-9-21-19/h3-9H,10-15H2,1-2H3/p+1. The number of nitrogens with one attached hydrogen (secondary N) is 1. The summed E-state index contributed by atoms with van der Waals surface area (Å²) >= 11 is 0. The van der Waals surface area contributed by atoms with E-state index in [2.05, 4.69) is 14.9 Å². The lowest BCUT2D eigenvalue weighted by atomic mass is 10.2. The zero-order valence-corrected chi connectivity index (χ0v) is 15.4. The molecule has 1 fully saturated rings. The van der Waals surface area contributed by atoms with Gasteiger partial charge >= 0.3 is 0 Å². The molecule has 2 heterocycles. The van der Waals surface area contributed by atoms with Crippen LogP contribution in [0.25, 0.3) is 0 Å². The van der Waals surface area contributed by atoms with Crippen LogP contribution in [0.15, 0.2) is 42.7 Å². The highest BCUT2D eigenvalue weighted by Crippen LogP contribution is 2.12. The van der Waals surface area contributed by atoms with Gasteiger partial charge in [-0.25, -0.2) is 9.97 Å². The predicted octanol–water partition coefficient (Wildman–Crippen LogP) is -0.151. The number of anilines is 1. The van der Waals surface area contributed by atoms with Crippen LogP contribution in [0.2, 0.25) is 0 Å². The van der Waals surface area contributed by atoms with Crippen molar-refractivity contribution in [3.63, 3.8) is 0 Å². The van der Waals surface area contributed by atoms with Gasteiger partial charge in [0.1, 0.15) is 5.75 Å². The largest absolute Gasteiger partial charge is 0.497 e. The number of amides is 1. The van der Waals surface area contributed by atoms with Gasteiger partial charge in [0.15, 0.2) is 6.54 Å². The summed E-state index contributed by atoms with van der Waals surface area (Å²) in [6.07, 6.45) is 3.53. The molecule has 0 atom stereocenters. The molecule has 2 aromatic rings. The molecule has 7 heteroatoms. The molecular formula is C19H26N5O2+. The van der Waals surface area contributed by atoms with Gasteiger partial charge in [-0.3, -0.25) is 4.79 Å². The molecule has 0 bridgehead atoms. The molecule has 0 unspecified atom stereocenters. The Labute approximate surface area is 154 Å². The van der Waals surface area contributed by atoms with E-state index in [4.69, 9.17) is 4.74 Å². The maximum absolute atomic E-state index is 12.5. The Morgan fingerprint density at radius 1 is 1.19 bits per heavy atom. The monoisotopic (exact) mass is 356 g/mol. The highest BCUT2D eigenvalue weighted by molar-refractivity contribution is 5.76. The zero-order chi connectivity index (χ0) is 18.4. The summed E-state index contributed by atoms with van der Waals surface area (Å²) in [6, 6.07) is 9.65. The maximum atomic E-state index is 12.5. The number of likely N-dealkylation sites (N-methyl/N-ethyl adjacent to an activating group) is 1. The Kier molecular flexibility index (Phi) is 6.01. The lowest BCUT2D eigenvalue weighted by Gasteiger charge is -2.32. The Morgan fingerprint density at radius 2 is 1.85 bits per heavy atom. The minimum absolute atomic E-state index is 0.167. The molecule has 1 aromatic heterocycles. The molecule has 0 aliphatic carbocycles. The van der Waals surface area contributed by atoms with E-state index in [1.807, 2.05) is 37.4 Å². The summed E-state index contributed by atoms with van der Waals surface area (Å²) in [5.74, 6) is 1.77. The normalized spacial score (nSPS) is 14.9. The highest BCUT2D eigenvalue weighted by atomic mass is 16.5. The Balaban J connectivity index is 1.46. The third-order valence-corrected chi connectivity index (χ3v) is 4.71. The SMILES string of the molecule is COc1ccc(CN(C)C(=O)C[NH+]2CCN(c3ncccn3)CC2)cc1. The van der Waals surface area contributed by atoms with Crippen molar-refractivity contribution in [2.75, 3.05) is 51.8 Å². The number of piperazine rings is 1. The molecule has 0 spiro atoms. The number of hydrogen-bond donors (Lipinski definition) is 1. The summed E-state index contributed by atoms with van der Waals surface area (Å²) in [7, 11) is 3.51. The zero-order valence-electron chi connectivity index (χ0n) is 15.4. The first-order chi connectivity index (χ1) is 12.7. The molecule has 1 amide bonds. The van der Waals surface area contributed by atoms with Gasteiger partial charge in [0.2, 0.25) is 5.95 Å². The van der Waals surface area contributed by atoms with Crippen LogP contribution in [0, 0.1) is 0 Å². The van der Waals surface area contributed by atoms with E-state index in [1.54, 1.807) is 24.4 Å². The third-order valence-electron chi connectivity index (χ3n) is 4.71. The molecule has 3 rings (SSSR count). The number of rotatable bonds is 6. The number of carbonyl (C=O) groups excluding carboxylic acids is 1. The van der Waals surface area contributed by atoms with Crippen LogP contribution in [0.4, 0.5) is 5.95 Å². The van der Waals surface area contributed by atoms with Crippen LogP contribution < -0.4 is 14.5 Å². The molecule has 1 aliphatic rings. The van der Waals surface area contributed by atoms with Gasteiger partial charge in [0, 0.05) is 26.0 Å². The second-order valence-electron chi connectivity index (χ2n) is 6.56. The first-order valence-corrected chi connectivity index (χ1v) is 8.88. The van der Waals surface area contributed by atoms with Gasteiger partial charge in [-0.05, 0) is 23.8 Å². The number of ether oxygens (including phenoxy) is 1. The second-order valence-corrected chi connectivity index (χ2v) is 6.56. The lowest BCUT2D eigenvalue weighted by Crippen LogP contribution is -3.15. The maximum Gasteiger partial charge on any atom is 0.277 e. The van der Waals surface area contributed by atoms with E-state index < -0.39 is 0 Å². The van der Waals surface area contributed by atoms with Crippen molar-refractivity contribution < 1.29 is 14.4 Å². The van der Waals surface area contributed by atoms with Crippen molar-refractivity contribution in [1.29, 1.82) is 0 Å². The average molecular weight is 356 g/mol. The van der Waals surface area contributed by atoms with Crippen LogP contribution >= 0.6 is 0 Å². The second kappa shape index (κ2) is 8.62. The fraction of sp³-hybridized carbons (Fsp3) is 0.421. The molecule has 26 heavy (non-hydrogen) atoms. The molecule has 1 N–H and O–H groups in total. The van der Waals surface area contributed by atoms with Crippen molar-refractivity contribution in [2.45, 2.75) is 6.54 Å². The van der Waals surface area contributed by atoms with E-state index in [1.165, 1.54) is 4.90 Å². The summed E-state index contributed by atoms with van der Waals surface area (Å²) in [5.41, 5.74) is 1.10. The minimum Gasteiger partial charge on any atom is -0.497 e. The summed E-state index contributed by atoms with van der Waals surface area (Å²) in [6.45, 7) is 4.71. The number of carbonyl (C=O) groups is 1. The van der Waals surface area contributed by atoms with Gasteiger partial charge < -0.3 is 19.4 Å². The molecule has 1 aliphatic heterocycles. The Bertz CT molecular complexity index is 700. The Hall–Kier alpha value is -2.67. The van der Waals surface area contributed by atoms with Gasteiger partial charge in [0.05, 0.1) is 33.3 Å². The predicted molar refractivity (Wildman–Crippen MR) is 99.3 cm³/mol. The quantitative estimate of drug-likeness (QED) is 0.780. The van der Waals surface area contributed by atoms with Gasteiger partial charge in [-0.2, -0.15) is 0 Å². The molecule has 138 valence electrons. The molecular weight excluding hydrogens is 330 g/mol. The number of aromatic nitrogens is 2. The van der Waals surface area contributed by atoms with Crippen LogP contribution in [0.5, 0.6) is 5.75 Å². The number of quaternary nitrogens is 1. The first-order valence-electron chi connectivity index (χ1n) is 8.88. The van der Waals surface area contributed by atoms with Crippen molar-refractivity contribution in [3.8, 4) is 5.75 Å². The van der Waals surface area contributed by atoms with Crippen LogP contribution in [0.1, 0.15) is 5.56 Å². The fourth-order valence-electron chi connectivity index (χ4n) is 3.10. The topological polar surface area (TPSA) is 63.0 Å². The minimum atomic E-state index is 0.167. The van der Waals surface area contributed by atoms with E-state index in [0.29, 0.717) is 13.1 Å². The molecule has 1 aromatic carbocycles.